The molecule has 0 radical (unpaired) electrons. The zero-order valence-corrected chi connectivity index (χ0v) is 10.9. The van der Waals surface area contributed by atoms with E-state index in [4.69, 9.17) is 9.05 Å². The number of rotatable bonds is 4. The Kier molecular flexibility index (Phi) is 4.65. The number of carbonyl (C=O) groups is 2. The number of carbonyl (C=O) groups excluding carboxylic acids is 2. The zero-order valence-electron chi connectivity index (χ0n) is 9.91. The fourth-order valence-corrected chi connectivity index (χ4v) is 1.79. The summed E-state index contributed by atoms with van der Waals surface area (Å²) in [4.78, 5) is 23.1. The summed E-state index contributed by atoms with van der Waals surface area (Å²) in [7, 11) is -0.655. The van der Waals surface area contributed by atoms with E-state index in [2.05, 4.69) is 0 Å². The number of benzene rings is 2. The first-order valence-electron chi connectivity index (χ1n) is 5.55. The monoisotopic (exact) mass is 274 g/mol. The van der Waals surface area contributed by atoms with Crippen molar-refractivity contribution in [3.8, 4) is 0 Å². The van der Waals surface area contributed by atoms with Crippen LogP contribution in [0.25, 0.3) is 0 Å². The molecule has 0 fully saturated rings. The van der Waals surface area contributed by atoms with Crippen LogP contribution in [0.1, 0.15) is 20.7 Å². The van der Waals surface area contributed by atoms with Crippen LogP contribution in [-0.4, -0.2) is 11.9 Å². The Morgan fingerprint density at radius 1 is 0.684 bits per heavy atom. The van der Waals surface area contributed by atoms with E-state index < -0.39 is 21.0 Å². The highest BCUT2D eigenvalue weighted by molar-refractivity contribution is 7.27. The topological polar surface area (TPSA) is 52.6 Å². The van der Waals surface area contributed by atoms with Crippen LogP contribution in [0, 0.1) is 0 Å². The molecular formula is C14H11O4P. The van der Waals surface area contributed by atoms with E-state index in [1.807, 2.05) is 0 Å². The standard InChI is InChI=1S/C14H11O4P/c15-13(11-7-3-1-4-8-11)17-19-18-14(16)12-9-5-2-6-10-12/h1-10,19H. The summed E-state index contributed by atoms with van der Waals surface area (Å²) >= 11 is 0. The van der Waals surface area contributed by atoms with Gasteiger partial charge < -0.3 is 9.05 Å². The first-order valence-corrected chi connectivity index (χ1v) is 6.36. The molecule has 19 heavy (non-hydrogen) atoms. The van der Waals surface area contributed by atoms with Gasteiger partial charge in [-0.15, -0.1) is 0 Å². The van der Waals surface area contributed by atoms with Gasteiger partial charge in [0.15, 0.2) is 0 Å². The van der Waals surface area contributed by atoms with E-state index in [0.29, 0.717) is 11.1 Å². The van der Waals surface area contributed by atoms with Crippen molar-refractivity contribution in [1.29, 1.82) is 0 Å². The van der Waals surface area contributed by atoms with Gasteiger partial charge in [-0.25, -0.2) is 9.59 Å². The van der Waals surface area contributed by atoms with Gasteiger partial charge in [-0.3, -0.25) is 0 Å². The Bertz CT molecular complexity index is 503. The molecule has 2 aromatic rings. The molecule has 0 unspecified atom stereocenters. The van der Waals surface area contributed by atoms with E-state index in [9.17, 15) is 9.59 Å². The predicted molar refractivity (Wildman–Crippen MR) is 72.0 cm³/mol. The minimum Gasteiger partial charge on any atom is -0.405 e. The molecule has 0 aliphatic rings. The van der Waals surface area contributed by atoms with Crippen molar-refractivity contribution in [3.05, 3.63) is 71.8 Å². The van der Waals surface area contributed by atoms with Crippen molar-refractivity contribution < 1.29 is 18.6 Å². The molecule has 2 aromatic carbocycles. The maximum absolute atomic E-state index is 11.6. The van der Waals surface area contributed by atoms with E-state index in [1.165, 1.54) is 0 Å². The lowest BCUT2D eigenvalue weighted by atomic mass is 10.2. The van der Waals surface area contributed by atoms with Gasteiger partial charge in [0, 0.05) is 0 Å². The van der Waals surface area contributed by atoms with Gasteiger partial charge >= 0.3 is 11.9 Å². The molecule has 0 aromatic heterocycles. The number of hydrogen-bond donors (Lipinski definition) is 0. The van der Waals surface area contributed by atoms with Crippen LogP contribution >= 0.6 is 9.03 Å². The van der Waals surface area contributed by atoms with Gasteiger partial charge in [-0.2, -0.15) is 0 Å². The van der Waals surface area contributed by atoms with Crippen LogP contribution in [0.5, 0.6) is 0 Å². The lowest BCUT2D eigenvalue weighted by Crippen LogP contribution is -2.02. The highest BCUT2D eigenvalue weighted by Gasteiger charge is 2.10. The van der Waals surface area contributed by atoms with Crippen LogP contribution < -0.4 is 0 Å². The molecule has 0 amide bonds. The highest BCUT2D eigenvalue weighted by Crippen LogP contribution is 2.19. The summed E-state index contributed by atoms with van der Waals surface area (Å²) < 4.78 is 9.73. The molecule has 0 saturated carbocycles. The van der Waals surface area contributed by atoms with Crippen LogP contribution in [0.3, 0.4) is 0 Å². The minimum absolute atomic E-state index is 0.422. The van der Waals surface area contributed by atoms with Crippen LogP contribution in [0.2, 0.25) is 0 Å². The molecule has 5 heteroatoms. The molecule has 0 aliphatic heterocycles. The van der Waals surface area contributed by atoms with Crippen molar-refractivity contribution in [1.82, 2.24) is 0 Å². The second-order valence-electron chi connectivity index (χ2n) is 3.59. The van der Waals surface area contributed by atoms with Crippen LogP contribution in [0.4, 0.5) is 0 Å². The van der Waals surface area contributed by atoms with Crippen molar-refractivity contribution in [2.45, 2.75) is 0 Å². The van der Waals surface area contributed by atoms with Crippen molar-refractivity contribution >= 4 is 21.0 Å². The summed E-state index contributed by atoms with van der Waals surface area (Å²) in [6.07, 6.45) is 0. The Balaban J connectivity index is 1.81. The summed E-state index contributed by atoms with van der Waals surface area (Å²) in [5, 5.41) is 0. The third-order valence-corrected chi connectivity index (χ3v) is 2.83. The molecule has 0 bridgehead atoms. The first kappa shape index (κ1) is 13.2. The lowest BCUT2D eigenvalue weighted by Gasteiger charge is -2.04. The highest BCUT2D eigenvalue weighted by atomic mass is 31.1. The maximum atomic E-state index is 11.6. The molecule has 0 atom stereocenters. The zero-order chi connectivity index (χ0) is 13.5. The smallest absolute Gasteiger partial charge is 0.343 e. The minimum atomic E-state index is -0.655. The van der Waals surface area contributed by atoms with Crippen molar-refractivity contribution in [2.75, 3.05) is 0 Å². The maximum Gasteiger partial charge on any atom is 0.343 e. The van der Waals surface area contributed by atoms with Gasteiger partial charge in [0.05, 0.1) is 11.1 Å². The largest absolute Gasteiger partial charge is 0.405 e. The van der Waals surface area contributed by atoms with E-state index in [1.54, 1.807) is 60.7 Å². The fraction of sp³-hybridized carbons (Fsp3) is 0. The Labute approximate surface area is 112 Å². The quantitative estimate of drug-likeness (QED) is 0.803. The summed E-state index contributed by atoms with van der Waals surface area (Å²) in [6.45, 7) is 0. The predicted octanol–water partition coefficient (Wildman–Crippen LogP) is 3.21. The summed E-state index contributed by atoms with van der Waals surface area (Å²) in [6, 6.07) is 17.1. The van der Waals surface area contributed by atoms with Gasteiger partial charge in [0.2, 0.25) is 0 Å². The van der Waals surface area contributed by atoms with E-state index >= 15 is 0 Å². The normalized spacial score (nSPS) is 9.68. The second-order valence-corrected chi connectivity index (χ2v) is 4.17. The SMILES string of the molecule is O=C(OPOC(=O)c1ccccc1)c1ccccc1. The first-order chi connectivity index (χ1) is 9.27. The van der Waals surface area contributed by atoms with Gasteiger partial charge in [0.1, 0.15) is 0 Å². The van der Waals surface area contributed by atoms with Crippen molar-refractivity contribution in [2.24, 2.45) is 0 Å². The number of hydrogen-bond acceptors (Lipinski definition) is 4. The molecule has 0 spiro atoms. The molecule has 0 N–H and O–H groups in total. The summed E-state index contributed by atoms with van der Waals surface area (Å²) in [5.74, 6) is -1.03. The van der Waals surface area contributed by atoms with E-state index in [0.717, 1.165) is 0 Å². The Hall–Kier alpha value is -2.19. The third kappa shape index (κ3) is 3.90. The van der Waals surface area contributed by atoms with Crippen molar-refractivity contribution in [3.63, 3.8) is 0 Å². The molecule has 4 nitrogen and oxygen atoms in total. The average Bonchev–Trinajstić information content (AvgIpc) is 2.49. The molecule has 0 heterocycles. The van der Waals surface area contributed by atoms with Crippen LogP contribution in [-0.2, 0) is 9.05 Å². The van der Waals surface area contributed by atoms with E-state index in [-0.39, 0.29) is 0 Å². The van der Waals surface area contributed by atoms with Gasteiger partial charge in [-0.1, -0.05) is 36.4 Å². The third-order valence-electron chi connectivity index (χ3n) is 2.29. The van der Waals surface area contributed by atoms with Crippen LogP contribution in [0.15, 0.2) is 60.7 Å². The lowest BCUT2D eigenvalue weighted by molar-refractivity contribution is 0.0683. The molecule has 0 saturated heterocycles. The Morgan fingerprint density at radius 3 is 1.42 bits per heavy atom. The van der Waals surface area contributed by atoms with Gasteiger partial charge in [-0.05, 0) is 24.3 Å². The second kappa shape index (κ2) is 6.66. The average molecular weight is 274 g/mol. The molecule has 0 aliphatic carbocycles. The molecule has 96 valence electrons. The molecule has 2 rings (SSSR count). The molecular weight excluding hydrogens is 263 g/mol. The fourth-order valence-electron chi connectivity index (χ4n) is 1.36. The van der Waals surface area contributed by atoms with Gasteiger partial charge in [0.25, 0.3) is 9.03 Å². The Morgan fingerprint density at radius 2 is 1.05 bits per heavy atom. The summed E-state index contributed by atoms with van der Waals surface area (Å²) in [5.41, 5.74) is 0.844.